The molecule has 3 N–H and O–H groups in total. The second-order valence-corrected chi connectivity index (χ2v) is 14.6. The van der Waals surface area contributed by atoms with Crippen LogP contribution in [0.5, 0.6) is 0 Å². The Bertz CT molecular complexity index is 2690. The van der Waals surface area contributed by atoms with Gasteiger partial charge in [0.1, 0.15) is 28.2 Å². The van der Waals surface area contributed by atoms with Gasteiger partial charge in [-0.2, -0.15) is 0 Å². The molecule has 0 saturated heterocycles. The van der Waals surface area contributed by atoms with Gasteiger partial charge < -0.3 is 15.0 Å². The standard InChI is InChI=1S/C44H37N7S/c1-48-23-17-29(18-24-48)41-33-9-10-34(45-33)42(30-19-25-49(2)26-20-30)36-12-14-38(47-36)44(32-8-6-22-51(4)28-32)40-16-15-39(52-40)43(37-13-11-35(41)46-37)31-7-5-21-50(3)27-31/h5-28,45H,1-4H3/q+2/p+2. The summed E-state index contributed by atoms with van der Waals surface area (Å²) in [6, 6.07) is 35.2. The number of pyridine rings is 4. The molecule has 8 aromatic rings. The fourth-order valence-corrected chi connectivity index (χ4v) is 8.42. The van der Waals surface area contributed by atoms with Crippen LogP contribution in [0.25, 0.3) is 22.3 Å². The normalized spacial score (nSPS) is 12.8. The molecule has 0 saturated carbocycles. The summed E-state index contributed by atoms with van der Waals surface area (Å²) in [7, 11) is 8.26. The van der Waals surface area contributed by atoms with Gasteiger partial charge in [-0.15, -0.1) is 11.3 Å². The van der Waals surface area contributed by atoms with Gasteiger partial charge >= 0.3 is 0 Å². The smallest absolute Gasteiger partial charge is 0.176 e. The third-order valence-electron chi connectivity index (χ3n) is 9.76. The summed E-state index contributed by atoms with van der Waals surface area (Å²) in [5, 5.41) is 2.07. The van der Waals surface area contributed by atoms with E-state index in [2.05, 4.69) is 208 Å². The van der Waals surface area contributed by atoms with E-state index < -0.39 is 0 Å². The van der Waals surface area contributed by atoms with Crippen molar-refractivity contribution >= 4 is 33.6 Å². The summed E-state index contributed by atoms with van der Waals surface area (Å²) in [6.45, 7) is 0. The van der Waals surface area contributed by atoms with Crippen LogP contribution in [0.4, 0.5) is 0 Å². The lowest BCUT2D eigenvalue weighted by Crippen LogP contribution is -2.27. The van der Waals surface area contributed by atoms with Gasteiger partial charge in [0.05, 0.1) is 0 Å². The van der Waals surface area contributed by atoms with Gasteiger partial charge in [0.25, 0.3) is 0 Å². The van der Waals surface area contributed by atoms with Crippen molar-refractivity contribution in [2.75, 3.05) is 0 Å². The molecule has 0 atom stereocenters. The highest BCUT2D eigenvalue weighted by Crippen LogP contribution is 2.27. The van der Waals surface area contributed by atoms with Crippen molar-refractivity contribution in [3.05, 3.63) is 211 Å². The molecule has 0 fully saturated rings. The van der Waals surface area contributed by atoms with E-state index in [0.29, 0.717) is 0 Å². The predicted octanol–water partition coefficient (Wildman–Crippen LogP) is 2.33. The molecule has 1 aliphatic rings. The molecule has 52 heavy (non-hydrogen) atoms. The molecule has 252 valence electrons. The fourth-order valence-electron chi connectivity index (χ4n) is 7.25. The van der Waals surface area contributed by atoms with E-state index in [1.165, 1.54) is 9.06 Å². The first kappa shape index (κ1) is 31.6. The first-order chi connectivity index (χ1) is 25.4. The van der Waals surface area contributed by atoms with Crippen LogP contribution in [0.1, 0.15) is 45.0 Å². The molecule has 9 heterocycles. The Morgan fingerprint density at radius 3 is 1.17 bits per heavy atom. The number of nitrogens with one attached hydrogen (secondary N) is 3. The quantitative estimate of drug-likeness (QED) is 0.237. The predicted molar refractivity (Wildman–Crippen MR) is 202 cm³/mol. The SMILES string of the molecule is C[n+]1ccc(C2=c3ccc([nH]3)=C(c3cc[n+](C)cc3)c3ccc([nH]3)C(c3ccc[n+](C)c3)=c3ccc(s3)=C(c3ccc[n+](C)c3)c3ccc2[nH]3)cc1. The molecule has 8 heteroatoms. The van der Waals surface area contributed by atoms with Crippen LogP contribution in [-0.2, 0) is 28.2 Å². The summed E-state index contributed by atoms with van der Waals surface area (Å²) in [5.41, 5.74) is 13.3. The largest absolute Gasteiger partial charge is 0.354 e. The second kappa shape index (κ2) is 12.7. The number of hydrogen-bond acceptors (Lipinski definition) is 1. The number of rotatable bonds is 4. The van der Waals surface area contributed by atoms with E-state index in [1.807, 2.05) is 11.3 Å². The molecule has 0 radical (unpaired) electrons. The van der Waals surface area contributed by atoms with Crippen molar-refractivity contribution in [1.82, 2.24) is 15.0 Å². The maximum absolute atomic E-state index is 3.90. The number of H-pyrrole nitrogens is 3. The van der Waals surface area contributed by atoms with Crippen LogP contribution in [0.3, 0.4) is 0 Å². The van der Waals surface area contributed by atoms with E-state index in [0.717, 1.165) is 78.0 Å². The summed E-state index contributed by atoms with van der Waals surface area (Å²) < 4.78 is 10.7. The fraction of sp³-hybridized carbons (Fsp3) is 0.0909. The molecule has 7 nitrogen and oxygen atoms in total. The van der Waals surface area contributed by atoms with Crippen molar-refractivity contribution in [1.29, 1.82) is 0 Å². The molecular formula is C44H39N7S+4. The number of aromatic nitrogens is 7. The van der Waals surface area contributed by atoms with Crippen molar-refractivity contribution < 1.29 is 18.3 Å². The Morgan fingerprint density at radius 1 is 0.365 bits per heavy atom. The Hall–Kier alpha value is -6.38. The average molecular weight is 698 g/mol. The third kappa shape index (κ3) is 5.73. The van der Waals surface area contributed by atoms with Crippen LogP contribution < -0.4 is 38.0 Å². The van der Waals surface area contributed by atoms with Crippen LogP contribution in [0.2, 0.25) is 0 Å². The molecule has 0 aliphatic carbocycles. The third-order valence-corrected chi connectivity index (χ3v) is 10.9. The highest BCUT2D eigenvalue weighted by atomic mass is 32.1. The van der Waals surface area contributed by atoms with Crippen LogP contribution in [0.15, 0.2) is 147 Å². The average Bonchev–Trinajstić information content (AvgIpc) is 3.98. The van der Waals surface area contributed by atoms with E-state index in [1.54, 1.807) is 0 Å². The highest BCUT2D eigenvalue weighted by Gasteiger charge is 2.20. The topological polar surface area (TPSA) is 62.9 Å². The Morgan fingerprint density at radius 2 is 0.769 bits per heavy atom. The van der Waals surface area contributed by atoms with Crippen molar-refractivity contribution in [3.63, 3.8) is 0 Å². The van der Waals surface area contributed by atoms with E-state index >= 15 is 0 Å². The molecular weight excluding hydrogens is 659 g/mol. The number of hydrogen-bond donors (Lipinski definition) is 3. The number of aromatic amines is 3. The Labute approximate surface area is 305 Å². The van der Waals surface area contributed by atoms with Crippen LogP contribution >= 0.6 is 11.3 Å². The summed E-state index contributed by atoms with van der Waals surface area (Å²) in [4.78, 5) is 11.7. The second-order valence-electron chi connectivity index (χ2n) is 13.5. The Kier molecular flexibility index (Phi) is 7.74. The lowest BCUT2D eigenvalue weighted by molar-refractivity contribution is -0.671. The van der Waals surface area contributed by atoms with E-state index in [-0.39, 0.29) is 0 Å². The molecule has 8 bridgehead atoms. The number of fused-ring (bicyclic) bond motifs is 8. The lowest BCUT2D eigenvalue weighted by atomic mass is 10.0. The molecule has 1 aliphatic heterocycles. The number of aryl methyl sites for hydroxylation is 4. The molecule has 0 aromatic carbocycles. The van der Waals surface area contributed by atoms with Gasteiger partial charge in [-0.05, 0) is 71.8 Å². The minimum absolute atomic E-state index is 1.03. The summed E-state index contributed by atoms with van der Waals surface area (Å²) >= 11 is 1.82. The first-order valence-corrected chi connectivity index (χ1v) is 18.2. The molecule has 0 unspecified atom stereocenters. The molecule has 0 amide bonds. The lowest BCUT2D eigenvalue weighted by Gasteiger charge is -2.08. The van der Waals surface area contributed by atoms with Crippen LogP contribution in [-0.4, -0.2) is 15.0 Å². The maximum Gasteiger partial charge on any atom is 0.176 e. The summed E-state index contributed by atoms with van der Waals surface area (Å²) in [6.07, 6.45) is 17.0. The van der Waals surface area contributed by atoms with Gasteiger partial charge in [-0.3, -0.25) is 0 Å². The van der Waals surface area contributed by atoms with Crippen LogP contribution in [0, 0.1) is 0 Å². The zero-order valence-corrected chi connectivity index (χ0v) is 30.4. The van der Waals surface area contributed by atoms with Gasteiger partial charge in [0.2, 0.25) is 0 Å². The Balaban J connectivity index is 1.44. The van der Waals surface area contributed by atoms with Gasteiger partial charge in [0.15, 0.2) is 49.6 Å². The summed E-state index contributed by atoms with van der Waals surface area (Å²) in [5.74, 6) is 0. The highest BCUT2D eigenvalue weighted by molar-refractivity contribution is 7.08. The monoisotopic (exact) mass is 697 g/mol. The van der Waals surface area contributed by atoms with Crippen molar-refractivity contribution in [2.24, 2.45) is 28.2 Å². The zero-order valence-electron chi connectivity index (χ0n) is 29.6. The van der Waals surface area contributed by atoms with Gasteiger partial charge in [0, 0.05) is 112 Å². The van der Waals surface area contributed by atoms with Crippen molar-refractivity contribution in [2.45, 2.75) is 0 Å². The minimum Gasteiger partial charge on any atom is -0.354 e. The minimum atomic E-state index is 1.03. The van der Waals surface area contributed by atoms with E-state index in [4.69, 9.17) is 0 Å². The zero-order chi connectivity index (χ0) is 35.3. The molecule has 0 spiro atoms. The molecule has 8 aromatic heterocycles. The number of thiophene rings is 1. The first-order valence-electron chi connectivity index (χ1n) is 17.4. The van der Waals surface area contributed by atoms with Gasteiger partial charge in [-0.1, -0.05) is 0 Å². The van der Waals surface area contributed by atoms with Crippen molar-refractivity contribution in [3.8, 4) is 0 Å². The van der Waals surface area contributed by atoms with E-state index in [9.17, 15) is 0 Å². The molecule has 9 rings (SSSR count). The maximum atomic E-state index is 3.90. The van der Waals surface area contributed by atoms with Gasteiger partial charge in [-0.25, -0.2) is 18.3 Å². The number of nitrogens with zero attached hydrogens (tertiary/aromatic N) is 4.